The van der Waals surface area contributed by atoms with E-state index in [0.717, 1.165) is 5.69 Å². The Kier molecular flexibility index (Phi) is 2.74. The summed E-state index contributed by atoms with van der Waals surface area (Å²) in [5, 5.41) is 2.78. The molecule has 3 heteroatoms. The van der Waals surface area contributed by atoms with Crippen molar-refractivity contribution in [2.24, 2.45) is 0 Å². The first kappa shape index (κ1) is 9.40. The second kappa shape index (κ2) is 4.37. The molecule has 1 N–H and O–H groups in total. The molecule has 2 aromatic rings. The minimum Gasteiger partial charge on any atom is -0.322 e. The summed E-state index contributed by atoms with van der Waals surface area (Å²) in [6.07, 6.45) is 3.18. The van der Waals surface area contributed by atoms with Crippen LogP contribution in [0.25, 0.3) is 0 Å². The van der Waals surface area contributed by atoms with Gasteiger partial charge in [0.15, 0.2) is 0 Å². The lowest BCUT2D eigenvalue weighted by atomic mass is 10.2. The minimum atomic E-state index is -0.144. The number of carbonyl (C=O) groups is 1. The predicted molar refractivity (Wildman–Crippen MR) is 58.6 cm³/mol. The van der Waals surface area contributed by atoms with Gasteiger partial charge in [-0.2, -0.15) is 0 Å². The molecule has 0 aliphatic carbocycles. The summed E-state index contributed by atoms with van der Waals surface area (Å²) in [5.41, 5.74) is 1.34. The number of nitrogens with zero attached hydrogens (tertiary/aromatic N) is 1. The predicted octanol–water partition coefficient (Wildman–Crippen LogP) is 2.33. The van der Waals surface area contributed by atoms with Crippen molar-refractivity contribution in [2.45, 2.75) is 0 Å². The van der Waals surface area contributed by atoms with E-state index in [0.29, 0.717) is 5.56 Å². The maximum Gasteiger partial charge on any atom is 0.257 e. The molecule has 0 saturated carbocycles. The molecule has 3 nitrogen and oxygen atoms in total. The highest BCUT2D eigenvalue weighted by atomic mass is 16.1. The first-order chi connectivity index (χ1) is 7.36. The Morgan fingerprint density at radius 2 is 1.87 bits per heavy atom. The molecule has 0 aliphatic rings. The third-order valence-corrected chi connectivity index (χ3v) is 1.96. The summed E-state index contributed by atoms with van der Waals surface area (Å²) in [6, 6.07) is 12.8. The smallest absolute Gasteiger partial charge is 0.257 e. The SMILES string of the molecule is O=C(Nc1ccccc1)c1cccnc1. The number of hydrogen-bond donors (Lipinski definition) is 1. The van der Waals surface area contributed by atoms with Gasteiger partial charge >= 0.3 is 0 Å². The van der Waals surface area contributed by atoms with E-state index in [1.807, 2.05) is 30.3 Å². The number of amides is 1. The molecule has 1 amide bonds. The highest BCUT2D eigenvalue weighted by Gasteiger charge is 2.04. The molecule has 0 saturated heterocycles. The summed E-state index contributed by atoms with van der Waals surface area (Å²) in [5.74, 6) is -0.144. The lowest BCUT2D eigenvalue weighted by Gasteiger charge is -2.03. The summed E-state index contributed by atoms with van der Waals surface area (Å²) in [4.78, 5) is 15.5. The van der Waals surface area contributed by atoms with Gasteiger partial charge in [-0.05, 0) is 24.3 Å². The fourth-order valence-electron chi connectivity index (χ4n) is 1.22. The second-order valence-electron chi connectivity index (χ2n) is 3.06. The standard InChI is InChI=1S/C12H10N2O/c15-12(10-5-4-8-13-9-10)14-11-6-2-1-3-7-11/h1-9H,(H,14,15). The Hall–Kier alpha value is -2.16. The van der Waals surface area contributed by atoms with Crippen molar-refractivity contribution in [3.05, 3.63) is 60.4 Å². The van der Waals surface area contributed by atoms with E-state index >= 15 is 0 Å². The average Bonchev–Trinajstić information content (AvgIpc) is 2.31. The Balaban J connectivity index is 2.12. The quantitative estimate of drug-likeness (QED) is 0.804. The highest BCUT2D eigenvalue weighted by molar-refractivity contribution is 6.03. The zero-order chi connectivity index (χ0) is 10.5. The van der Waals surface area contributed by atoms with Crippen molar-refractivity contribution in [1.29, 1.82) is 0 Å². The molecule has 0 fully saturated rings. The first-order valence-electron chi connectivity index (χ1n) is 4.63. The molecular weight excluding hydrogens is 188 g/mol. The van der Waals surface area contributed by atoms with Gasteiger partial charge in [-0.15, -0.1) is 0 Å². The number of hydrogen-bond acceptors (Lipinski definition) is 2. The summed E-state index contributed by atoms with van der Waals surface area (Å²) < 4.78 is 0. The molecular formula is C12H10N2O. The molecule has 0 aliphatic heterocycles. The van der Waals surface area contributed by atoms with Crippen LogP contribution in [-0.4, -0.2) is 10.9 Å². The minimum absolute atomic E-state index is 0.144. The topological polar surface area (TPSA) is 42.0 Å². The molecule has 0 radical (unpaired) electrons. The molecule has 0 unspecified atom stereocenters. The molecule has 1 aromatic heterocycles. The van der Waals surface area contributed by atoms with Crippen LogP contribution in [0.1, 0.15) is 10.4 Å². The van der Waals surface area contributed by atoms with Crippen LogP contribution in [0.4, 0.5) is 5.69 Å². The van der Waals surface area contributed by atoms with Crippen LogP contribution in [0.2, 0.25) is 0 Å². The van der Waals surface area contributed by atoms with Crippen LogP contribution < -0.4 is 5.32 Å². The van der Waals surface area contributed by atoms with E-state index in [4.69, 9.17) is 0 Å². The number of nitrogens with one attached hydrogen (secondary N) is 1. The van der Waals surface area contributed by atoms with Crippen LogP contribution in [0.5, 0.6) is 0 Å². The first-order valence-corrected chi connectivity index (χ1v) is 4.63. The maximum atomic E-state index is 11.7. The van der Waals surface area contributed by atoms with Crippen LogP contribution in [0.3, 0.4) is 0 Å². The van der Waals surface area contributed by atoms with Gasteiger partial charge in [-0.25, -0.2) is 0 Å². The fraction of sp³-hybridized carbons (Fsp3) is 0. The van der Waals surface area contributed by atoms with Gasteiger partial charge in [0.2, 0.25) is 0 Å². The van der Waals surface area contributed by atoms with E-state index in [9.17, 15) is 4.79 Å². The third kappa shape index (κ3) is 2.40. The molecule has 74 valence electrons. The molecule has 1 heterocycles. The van der Waals surface area contributed by atoms with Crippen LogP contribution in [0, 0.1) is 0 Å². The normalized spacial score (nSPS) is 9.60. The van der Waals surface area contributed by atoms with Gasteiger partial charge in [0.05, 0.1) is 5.56 Å². The van der Waals surface area contributed by atoms with Crippen LogP contribution >= 0.6 is 0 Å². The average molecular weight is 198 g/mol. The zero-order valence-electron chi connectivity index (χ0n) is 8.05. The van der Waals surface area contributed by atoms with Gasteiger partial charge in [0.25, 0.3) is 5.91 Å². The van der Waals surface area contributed by atoms with E-state index in [2.05, 4.69) is 10.3 Å². The fourth-order valence-corrected chi connectivity index (χ4v) is 1.22. The van der Waals surface area contributed by atoms with Crippen molar-refractivity contribution in [3.8, 4) is 0 Å². The summed E-state index contributed by atoms with van der Waals surface area (Å²) in [6.45, 7) is 0. The second-order valence-corrected chi connectivity index (χ2v) is 3.06. The molecule has 15 heavy (non-hydrogen) atoms. The third-order valence-electron chi connectivity index (χ3n) is 1.96. The monoisotopic (exact) mass is 198 g/mol. The number of rotatable bonds is 2. The largest absolute Gasteiger partial charge is 0.322 e. The number of para-hydroxylation sites is 1. The Morgan fingerprint density at radius 1 is 1.07 bits per heavy atom. The van der Waals surface area contributed by atoms with Crippen LogP contribution in [-0.2, 0) is 0 Å². The van der Waals surface area contributed by atoms with Crippen molar-refractivity contribution in [1.82, 2.24) is 4.98 Å². The summed E-state index contributed by atoms with van der Waals surface area (Å²) in [7, 11) is 0. The lowest BCUT2D eigenvalue weighted by Crippen LogP contribution is -2.11. The van der Waals surface area contributed by atoms with Crippen LogP contribution in [0.15, 0.2) is 54.9 Å². The maximum absolute atomic E-state index is 11.7. The van der Waals surface area contributed by atoms with Gasteiger partial charge in [-0.3, -0.25) is 9.78 Å². The Bertz CT molecular complexity index is 440. The molecule has 0 bridgehead atoms. The molecule has 0 spiro atoms. The highest BCUT2D eigenvalue weighted by Crippen LogP contribution is 2.07. The molecule has 2 rings (SSSR count). The number of carbonyl (C=O) groups excluding carboxylic acids is 1. The van der Waals surface area contributed by atoms with Crippen molar-refractivity contribution in [3.63, 3.8) is 0 Å². The molecule has 0 atom stereocenters. The summed E-state index contributed by atoms with van der Waals surface area (Å²) >= 11 is 0. The Morgan fingerprint density at radius 3 is 2.53 bits per heavy atom. The van der Waals surface area contributed by atoms with E-state index in [-0.39, 0.29) is 5.91 Å². The molecule has 1 aromatic carbocycles. The lowest BCUT2D eigenvalue weighted by molar-refractivity contribution is 0.102. The zero-order valence-corrected chi connectivity index (χ0v) is 8.05. The van der Waals surface area contributed by atoms with Gasteiger partial charge in [-0.1, -0.05) is 18.2 Å². The van der Waals surface area contributed by atoms with Crippen molar-refractivity contribution in [2.75, 3.05) is 5.32 Å². The van der Waals surface area contributed by atoms with E-state index in [1.165, 1.54) is 6.20 Å². The van der Waals surface area contributed by atoms with Crippen molar-refractivity contribution < 1.29 is 4.79 Å². The number of benzene rings is 1. The number of aromatic nitrogens is 1. The van der Waals surface area contributed by atoms with Gasteiger partial charge in [0.1, 0.15) is 0 Å². The van der Waals surface area contributed by atoms with Gasteiger partial charge in [0, 0.05) is 18.1 Å². The van der Waals surface area contributed by atoms with Crippen molar-refractivity contribution >= 4 is 11.6 Å². The number of pyridine rings is 1. The van der Waals surface area contributed by atoms with E-state index < -0.39 is 0 Å². The van der Waals surface area contributed by atoms with Gasteiger partial charge < -0.3 is 5.32 Å². The number of anilines is 1. The Labute approximate surface area is 87.8 Å². The van der Waals surface area contributed by atoms with E-state index in [1.54, 1.807) is 18.3 Å².